The smallest absolute Gasteiger partial charge is 0.342 e. The molecule has 0 aliphatic heterocycles. The number of benzene rings is 3. The van der Waals surface area contributed by atoms with E-state index in [4.69, 9.17) is 4.52 Å². The van der Waals surface area contributed by atoms with E-state index in [1.54, 1.807) is 30.3 Å². The van der Waals surface area contributed by atoms with Crippen LogP contribution in [0, 0.1) is 0 Å². The zero-order valence-electron chi connectivity index (χ0n) is 19.2. The first-order valence-electron chi connectivity index (χ1n) is 10.7. The molecule has 190 valence electrons. The number of para-hydroxylation sites is 1. The van der Waals surface area contributed by atoms with Crippen LogP contribution in [-0.2, 0) is 21.0 Å². The van der Waals surface area contributed by atoms with Gasteiger partial charge < -0.3 is 9.84 Å². The van der Waals surface area contributed by atoms with E-state index in [9.17, 15) is 26.4 Å². The number of anilines is 2. The van der Waals surface area contributed by atoms with Gasteiger partial charge in [-0.25, -0.2) is 8.42 Å². The highest BCUT2D eigenvalue weighted by molar-refractivity contribution is 7.92. The van der Waals surface area contributed by atoms with Crippen molar-refractivity contribution in [2.45, 2.75) is 11.1 Å². The molecule has 0 unspecified atom stereocenters. The lowest BCUT2D eigenvalue weighted by Crippen LogP contribution is -2.27. The minimum Gasteiger partial charge on any atom is -0.342 e. The molecular weight excluding hydrogens is 509 g/mol. The molecule has 37 heavy (non-hydrogen) atoms. The van der Waals surface area contributed by atoms with Crippen LogP contribution in [0.3, 0.4) is 0 Å². The molecule has 12 heteroatoms. The number of rotatable bonds is 7. The molecule has 4 rings (SSSR count). The van der Waals surface area contributed by atoms with Crippen LogP contribution >= 0.6 is 0 Å². The third kappa shape index (κ3) is 5.86. The van der Waals surface area contributed by atoms with Gasteiger partial charge in [0.2, 0.25) is 18.1 Å². The Balaban J connectivity index is 1.52. The summed E-state index contributed by atoms with van der Waals surface area (Å²) in [5.41, 5.74) is 0.271. The Bertz CT molecular complexity index is 1550. The van der Waals surface area contributed by atoms with Crippen LogP contribution in [0.1, 0.15) is 11.1 Å². The maximum absolute atomic E-state index is 13.1. The Morgan fingerprint density at radius 1 is 1.03 bits per heavy atom. The largest absolute Gasteiger partial charge is 0.416 e. The number of aromatic nitrogens is 2. The number of nitrogens with zero attached hydrogens (tertiary/aromatic N) is 3. The van der Waals surface area contributed by atoms with Gasteiger partial charge in [0.1, 0.15) is 0 Å². The van der Waals surface area contributed by atoms with Gasteiger partial charge in [0.15, 0.2) is 0 Å². The van der Waals surface area contributed by atoms with Crippen LogP contribution in [0.15, 0.2) is 94.7 Å². The summed E-state index contributed by atoms with van der Waals surface area (Å²) in [7, 11) is -3.02. The van der Waals surface area contributed by atoms with E-state index < -0.39 is 27.7 Å². The van der Waals surface area contributed by atoms with Crippen LogP contribution in [0.5, 0.6) is 0 Å². The average Bonchev–Trinajstić information content (AvgIpc) is 3.42. The molecule has 0 saturated heterocycles. The van der Waals surface area contributed by atoms with Crippen molar-refractivity contribution in [2.75, 3.05) is 16.7 Å². The van der Waals surface area contributed by atoms with Crippen molar-refractivity contribution in [3.63, 3.8) is 0 Å². The number of hydrogen-bond acceptors (Lipinski definition) is 6. The molecule has 4 aromatic rings. The Labute approximate surface area is 210 Å². The summed E-state index contributed by atoms with van der Waals surface area (Å²) in [5, 5.41) is 6.47. The van der Waals surface area contributed by atoms with Gasteiger partial charge in [0, 0.05) is 18.7 Å². The molecule has 0 radical (unpaired) electrons. The first-order valence-corrected chi connectivity index (χ1v) is 12.1. The highest BCUT2D eigenvalue weighted by atomic mass is 32.2. The van der Waals surface area contributed by atoms with Gasteiger partial charge in [-0.3, -0.25) is 9.10 Å². The fourth-order valence-corrected chi connectivity index (χ4v) is 4.62. The quantitative estimate of drug-likeness (QED) is 0.329. The Morgan fingerprint density at radius 2 is 1.78 bits per heavy atom. The fourth-order valence-electron chi connectivity index (χ4n) is 3.38. The lowest BCUT2D eigenvalue weighted by molar-refractivity contribution is -0.137. The highest BCUT2D eigenvalue weighted by Crippen LogP contribution is 2.33. The van der Waals surface area contributed by atoms with Crippen LogP contribution in [-0.4, -0.2) is 31.5 Å². The molecular formula is C25H19F3N4O4S. The van der Waals surface area contributed by atoms with Crippen molar-refractivity contribution < 1.29 is 30.9 Å². The number of carbonyl (C=O) groups excluding carboxylic acids is 1. The minimum atomic E-state index is -4.61. The average molecular weight is 529 g/mol. The predicted octanol–water partition coefficient (Wildman–Crippen LogP) is 5.23. The molecule has 0 saturated carbocycles. The second-order valence-corrected chi connectivity index (χ2v) is 9.69. The van der Waals surface area contributed by atoms with Crippen molar-refractivity contribution >= 4 is 33.4 Å². The van der Waals surface area contributed by atoms with Crippen molar-refractivity contribution in [1.82, 2.24) is 10.1 Å². The van der Waals surface area contributed by atoms with Crippen molar-refractivity contribution in [3.05, 3.63) is 96.4 Å². The molecule has 0 aliphatic rings. The lowest BCUT2D eigenvalue weighted by atomic mass is 10.1. The Morgan fingerprint density at radius 3 is 2.51 bits per heavy atom. The van der Waals surface area contributed by atoms with Crippen LogP contribution in [0.2, 0.25) is 0 Å². The molecule has 0 bridgehead atoms. The topological polar surface area (TPSA) is 105 Å². The normalized spacial score (nSPS) is 12.0. The zero-order valence-corrected chi connectivity index (χ0v) is 20.0. The number of hydrogen-bond donors (Lipinski definition) is 1. The summed E-state index contributed by atoms with van der Waals surface area (Å²) in [6.07, 6.45) is -0.817. The third-order valence-corrected chi connectivity index (χ3v) is 7.05. The predicted molar refractivity (Wildman–Crippen MR) is 131 cm³/mol. The second kappa shape index (κ2) is 10.3. The molecule has 0 fully saturated rings. The van der Waals surface area contributed by atoms with E-state index in [0.29, 0.717) is 22.6 Å². The molecule has 0 spiro atoms. The van der Waals surface area contributed by atoms with Gasteiger partial charge in [-0.15, -0.1) is 0 Å². The molecule has 1 aromatic heterocycles. The van der Waals surface area contributed by atoms with Crippen molar-refractivity contribution in [1.29, 1.82) is 0 Å². The number of halogens is 3. The van der Waals surface area contributed by atoms with Gasteiger partial charge in [0.05, 0.1) is 21.8 Å². The number of carbonyl (C=O) groups is 1. The summed E-state index contributed by atoms with van der Waals surface area (Å²) < 4.78 is 70.9. The van der Waals surface area contributed by atoms with E-state index in [-0.39, 0.29) is 10.6 Å². The maximum atomic E-state index is 13.1. The van der Waals surface area contributed by atoms with Gasteiger partial charge >= 0.3 is 6.18 Å². The van der Waals surface area contributed by atoms with Gasteiger partial charge in [-0.2, -0.15) is 18.2 Å². The Hall–Kier alpha value is -4.45. The standard InChI is InChI=1S/C25H19F3N4O4S/c1-32(19-8-5-7-18(15-19)25(26,27)28)37(34,35)20-9-4-6-17(14-20)12-13-23(33)30-22-11-3-2-10-21(22)24-29-16-36-31-24/h2-16H,1H3,(H,30,33)/b13-12+. The molecule has 8 nitrogen and oxygen atoms in total. The van der Waals surface area contributed by atoms with Crippen molar-refractivity contribution in [2.24, 2.45) is 0 Å². The molecule has 1 N–H and O–H groups in total. The molecule has 0 atom stereocenters. The minimum absolute atomic E-state index is 0.143. The summed E-state index contributed by atoms with van der Waals surface area (Å²) >= 11 is 0. The van der Waals surface area contributed by atoms with E-state index >= 15 is 0 Å². The summed E-state index contributed by atoms with van der Waals surface area (Å²) in [5.74, 6) is -0.201. The van der Waals surface area contributed by atoms with Crippen LogP contribution < -0.4 is 9.62 Å². The van der Waals surface area contributed by atoms with Crippen LogP contribution in [0.25, 0.3) is 17.5 Å². The molecule has 0 aliphatic carbocycles. The summed E-state index contributed by atoms with van der Waals surface area (Å²) in [6, 6.07) is 16.6. The monoisotopic (exact) mass is 528 g/mol. The Kier molecular flexibility index (Phi) is 7.11. The highest BCUT2D eigenvalue weighted by Gasteiger charge is 2.31. The number of sulfonamides is 1. The molecule has 1 heterocycles. The van der Waals surface area contributed by atoms with Crippen LogP contribution in [0.4, 0.5) is 24.5 Å². The van der Waals surface area contributed by atoms with E-state index in [1.807, 2.05) is 0 Å². The zero-order chi connectivity index (χ0) is 26.6. The number of nitrogens with one attached hydrogen (secondary N) is 1. The summed E-state index contributed by atoms with van der Waals surface area (Å²) in [4.78, 5) is 16.3. The SMILES string of the molecule is CN(c1cccc(C(F)(F)F)c1)S(=O)(=O)c1cccc(/C=C/C(=O)Nc2ccccc2-c2ncon2)c1. The lowest BCUT2D eigenvalue weighted by Gasteiger charge is -2.21. The van der Waals surface area contributed by atoms with Gasteiger partial charge in [-0.05, 0) is 54.1 Å². The maximum Gasteiger partial charge on any atom is 0.416 e. The summed E-state index contributed by atoms with van der Waals surface area (Å²) in [6.45, 7) is 0. The van der Waals surface area contributed by atoms with Gasteiger partial charge in [-0.1, -0.05) is 35.5 Å². The molecule has 1 amide bonds. The number of alkyl halides is 3. The first kappa shape index (κ1) is 25.6. The first-order chi connectivity index (χ1) is 17.6. The third-order valence-electron chi connectivity index (χ3n) is 5.27. The van der Waals surface area contributed by atoms with E-state index in [1.165, 1.54) is 49.9 Å². The molecule has 3 aromatic carbocycles. The van der Waals surface area contributed by atoms with E-state index in [0.717, 1.165) is 22.5 Å². The van der Waals surface area contributed by atoms with Crippen molar-refractivity contribution in [3.8, 4) is 11.4 Å². The second-order valence-electron chi connectivity index (χ2n) is 7.72. The number of amides is 1. The van der Waals surface area contributed by atoms with Gasteiger partial charge in [0.25, 0.3) is 10.0 Å². The fraction of sp³-hybridized carbons (Fsp3) is 0.0800. The van der Waals surface area contributed by atoms with E-state index in [2.05, 4.69) is 15.5 Å².